The highest BCUT2D eigenvalue weighted by atomic mass is 32.2. The number of piperazine rings is 1. The van der Waals surface area contributed by atoms with Gasteiger partial charge in [-0.1, -0.05) is 17.7 Å². The lowest BCUT2D eigenvalue weighted by Crippen LogP contribution is -2.60. The Morgan fingerprint density at radius 1 is 1.14 bits per heavy atom. The summed E-state index contributed by atoms with van der Waals surface area (Å²) >= 11 is 0. The van der Waals surface area contributed by atoms with Crippen LogP contribution in [-0.2, 0) is 10.0 Å². The van der Waals surface area contributed by atoms with Crippen molar-refractivity contribution in [2.75, 3.05) is 24.5 Å². The number of sulfonamides is 1. The van der Waals surface area contributed by atoms with E-state index in [2.05, 4.69) is 37.7 Å². The number of nitriles is 1. The van der Waals surface area contributed by atoms with E-state index in [1.807, 2.05) is 31.2 Å². The van der Waals surface area contributed by atoms with Gasteiger partial charge in [0.25, 0.3) is 10.0 Å². The molecule has 1 unspecified atom stereocenters. The highest BCUT2D eigenvalue weighted by Crippen LogP contribution is 2.32. The second kappa shape index (κ2) is 9.29. The van der Waals surface area contributed by atoms with Gasteiger partial charge in [0.2, 0.25) is 0 Å². The van der Waals surface area contributed by atoms with E-state index in [1.54, 1.807) is 30.5 Å². The topological polar surface area (TPSA) is 102 Å². The van der Waals surface area contributed by atoms with Crippen LogP contribution in [0.3, 0.4) is 0 Å². The first-order valence-electron chi connectivity index (χ1n) is 11.8. The second-order valence-electron chi connectivity index (χ2n) is 9.33. The molecule has 0 bridgehead atoms. The number of hydrazone groups is 1. The molecule has 2 aliphatic rings. The van der Waals surface area contributed by atoms with E-state index in [4.69, 9.17) is 0 Å². The minimum atomic E-state index is -3.70. The molecule has 0 saturated carbocycles. The van der Waals surface area contributed by atoms with Crippen LogP contribution in [0.25, 0.3) is 10.9 Å². The van der Waals surface area contributed by atoms with Crippen LogP contribution in [0.15, 0.2) is 64.7 Å². The molecule has 0 spiro atoms. The first-order chi connectivity index (χ1) is 16.9. The molecule has 0 amide bonds. The minimum Gasteiger partial charge on any atom is -0.368 e. The van der Waals surface area contributed by atoms with Crippen LogP contribution in [0.1, 0.15) is 30.9 Å². The SMILES string of the molecule is Cc1ccc(S(=O)(=O)N/N=C2\CCN3C(C2)CN(c2ccc(C#N)c4ncccc24)C[C@H]3C)cc1. The normalized spacial score (nSPS) is 22.1. The number of piperidine rings is 1. The van der Waals surface area contributed by atoms with E-state index in [1.165, 1.54) is 0 Å². The fraction of sp³-hybridized carbons (Fsp3) is 0.346. The predicted octanol–water partition coefficient (Wildman–Crippen LogP) is 3.42. The van der Waals surface area contributed by atoms with Crippen molar-refractivity contribution >= 4 is 32.3 Å². The summed E-state index contributed by atoms with van der Waals surface area (Å²) in [5, 5.41) is 14.8. The third kappa shape index (κ3) is 4.59. The van der Waals surface area contributed by atoms with Gasteiger partial charge in [0.05, 0.1) is 16.0 Å². The highest BCUT2D eigenvalue weighted by Gasteiger charge is 2.36. The molecule has 2 aromatic carbocycles. The Labute approximate surface area is 205 Å². The van der Waals surface area contributed by atoms with Crippen LogP contribution in [0.5, 0.6) is 0 Å². The molecule has 1 aromatic heterocycles. The monoisotopic (exact) mass is 488 g/mol. The van der Waals surface area contributed by atoms with Crippen molar-refractivity contribution in [1.29, 1.82) is 5.26 Å². The van der Waals surface area contributed by atoms with Crippen molar-refractivity contribution in [2.45, 2.75) is 43.7 Å². The molecule has 2 aliphatic heterocycles. The lowest BCUT2D eigenvalue weighted by Gasteiger charge is -2.49. The summed E-state index contributed by atoms with van der Waals surface area (Å²) in [4.78, 5) is 12.0. The van der Waals surface area contributed by atoms with Crippen LogP contribution in [0, 0.1) is 18.3 Å². The van der Waals surface area contributed by atoms with Crippen molar-refractivity contribution in [3.63, 3.8) is 0 Å². The van der Waals surface area contributed by atoms with Crippen molar-refractivity contribution in [3.8, 4) is 6.07 Å². The van der Waals surface area contributed by atoms with E-state index in [0.29, 0.717) is 18.0 Å². The van der Waals surface area contributed by atoms with E-state index in [0.717, 1.165) is 53.9 Å². The Balaban J connectivity index is 1.36. The minimum absolute atomic E-state index is 0.212. The maximum atomic E-state index is 12.7. The second-order valence-corrected chi connectivity index (χ2v) is 11.0. The van der Waals surface area contributed by atoms with E-state index in [9.17, 15) is 13.7 Å². The molecule has 9 heteroatoms. The van der Waals surface area contributed by atoms with Crippen LogP contribution in [0.2, 0.25) is 0 Å². The molecule has 2 saturated heterocycles. The number of aryl methyl sites for hydroxylation is 1. The molecule has 0 radical (unpaired) electrons. The summed E-state index contributed by atoms with van der Waals surface area (Å²) in [5.41, 5.74) is 4.23. The van der Waals surface area contributed by atoms with Crippen LogP contribution in [0.4, 0.5) is 5.69 Å². The molecule has 3 heterocycles. The van der Waals surface area contributed by atoms with Gasteiger partial charge in [-0.05, 0) is 50.2 Å². The number of pyridine rings is 1. The quantitative estimate of drug-likeness (QED) is 0.565. The number of aromatic nitrogens is 1. The van der Waals surface area contributed by atoms with Crippen molar-refractivity contribution in [1.82, 2.24) is 14.7 Å². The molecular formula is C26H28N6O2S. The van der Waals surface area contributed by atoms with E-state index < -0.39 is 10.0 Å². The molecule has 8 nitrogen and oxygen atoms in total. The fourth-order valence-electron chi connectivity index (χ4n) is 5.15. The molecule has 5 rings (SSSR count). The predicted molar refractivity (Wildman–Crippen MR) is 137 cm³/mol. The Morgan fingerprint density at radius 2 is 1.94 bits per heavy atom. The number of benzene rings is 2. The summed E-state index contributed by atoms with van der Waals surface area (Å²) in [6.45, 7) is 6.66. The first kappa shape index (κ1) is 23.3. The standard InChI is InChI=1S/C26H28N6O2S/c1-18-5-8-23(9-6-18)35(33,34)30-29-21-11-13-32-19(2)16-31(17-22(32)14-21)25-10-7-20(15-27)26-24(25)4-3-12-28-26/h3-10,12,19,22,30H,11,13-14,16-17H2,1-2H3/b29-21+/t19-,22?/m1/s1. The van der Waals surface area contributed by atoms with E-state index >= 15 is 0 Å². The summed E-state index contributed by atoms with van der Waals surface area (Å²) in [5.74, 6) is 0. The fourth-order valence-corrected chi connectivity index (χ4v) is 6.00. The van der Waals surface area contributed by atoms with Gasteiger partial charge in [0, 0.05) is 67.5 Å². The third-order valence-corrected chi connectivity index (χ3v) is 8.17. The smallest absolute Gasteiger partial charge is 0.276 e. The summed E-state index contributed by atoms with van der Waals surface area (Å²) < 4.78 is 25.3. The molecule has 35 heavy (non-hydrogen) atoms. The number of fused-ring (bicyclic) bond motifs is 2. The Morgan fingerprint density at radius 3 is 2.71 bits per heavy atom. The number of hydrogen-bond donors (Lipinski definition) is 1. The van der Waals surface area contributed by atoms with Gasteiger partial charge in [-0.3, -0.25) is 9.88 Å². The Bertz CT molecular complexity index is 1430. The lowest BCUT2D eigenvalue weighted by molar-refractivity contribution is 0.118. The largest absolute Gasteiger partial charge is 0.368 e. The molecule has 180 valence electrons. The summed E-state index contributed by atoms with van der Waals surface area (Å²) in [6, 6.07) is 17.3. The maximum Gasteiger partial charge on any atom is 0.276 e. The first-order valence-corrected chi connectivity index (χ1v) is 13.3. The molecule has 2 atom stereocenters. The number of nitrogens with zero attached hydrogens (tertiary/aromatic N) is 5. The number of hydrogen-bond acceptors (Lipinski definition) is 7. The van der Waals surface area contributed by atoms with Gasteiger partial charge in [-0.2, -0.15) is 18.8 Å². The van der Waals surface area contributed by atoms with Crippen LogP contribution < -0.4 is 9.73 Å². The zero-order valence-electron chi connectivity index (χ0n) is 19.8. The third-order valence-electron chi connectivity index (χ3n) is 6.94. The molecule has 1 N–H and O–H groups in total. The average molecular weight is 489 g/mol. The zero-order chi connectivity index (χ0) is 24.6. The molecule has 2 fully saturated rings. The number of anilines is 1. The van der Waals surface area contributed by atoms with Gasteiger partial charge in [-0.15, -0.1) is 0 Å². The Kier molecular flexibility index (Phi) is 6.17. The van der Waals surface area contributed by atoms with Crippen LogP contribution in [-0.4, -0.2) is 55.7 Å². The van der Waals surface area contributed by atoms with Crippen molar-refractivity contribution < 1.29 is 8.42 Å². The number of nitrogens with one attached hydrogen (secondary N) is 1. The van der Waals surface area contributed by atoms with Gasteiger partial charge in [0.1, 0.15) is 6.07 Å². The lowest BCUT2D eigenvalue weighted by atomic mass is 9.94. The van der Waals surface area contributed by atoms with Crippen molar-refractivity contribution in [2.24, 2.45) is 5.10 Å². The highest BCUT2D eigenvalue weighted by molar-refractivity contribution is 7.89. The van der Waals surface area contributed by atoms with Crippen LogP contribution >= 0.6 is 0 Å². The summed E-state index contributed by atoms with van der Waals surface area (Å²) in [6.07, 6.45) is 3.15. The summed E-state index contributed by atoms with van der Waals surface area (Å²) in [7, 11) is -3.70. The molecule has 0 aliphatic carbocycles. The van der Waals surface area contributed by atoms with Gasteiger partial charge in [-0.25, -0.2) is 4.83 Å². The van der Waals surface area contributed by atoms with E-state index in [-0.39, 0.29) is 10.9 Å². The average Bonchev–Trinajstić information content (AvgIpc) is 2.87. The molecular weight excluding hydrogens is 460 g/mol. The van der Waals surface area contributed by atoms with Gasteiger partial charge >= 0.3 is 0 Å². The van der Waals surface area contributed by atoms with Gasteiger partial charge in [0.15, 0.2) is 0 Å². The zero-order valence-corrected chi connectivity index (χ0v) is 20.7. The molecule has 3 aromatic rings. The van der Waals surface area contributed by atoms with Gasteiger partial charge < -0.3 is 4.90 Å². The number of rotatable bonds is 4. The van der Waals surface area contributed by atoms with Crippen molar-refractivity contribution in [3.05, 3.63) is 65.9 Å². The Hall–Kier alpha value is -3.48. The maximum absolute atomic E-state index is 12.7.